The minimum absolute atomic E-state index is 0.0232. The summed E-state index contributed by atoms with van der Waals surface area (Å²) < 4.78 is 40.7. The van der Waals surface area contributed by atoms with Crippen molar-refractivity contribution < 1.29 is 32.6 Å². The number of carbonyl (C=O) groups excluding carboxylic acids is 1. The van der Waals surface area contributed by atoms with Crippen LogP contribution in [-0.2, 0) is 4.79 Å². The van der Waals surface area contributed by atoms with E-state index in [1.807, 2.05) is 0 Å². The number of hydrogen-bond donors (Lipinski definition) is 2. The summed E-state index contributed by atoms with van der Waals surface area (Å²) in [4.78, 5) is 27.2. The molecule has 9 heteroatoms. The molecule has 2 aromatic carbocycles. The van der Waals surface area contributed by atoms with Gasteiger partial charge in [0.1, 0.15) is 5.75 Å². The third-order valence-electron chi connectivity index (χ3n) is 3.74. The second kappa shape index (κ2) is 7.18. The molecule has 1 heterocycles. The van der Waals surface area contributed by atoms with Gasteiger partial charge in [-0.05, 0) is 48.5 Å². The van der Waals surface area contributed by atoms with E-state index in [2.05, 4.69) is 15.0 Å². The number of nitrogens with zero attached hydrogens (tertiary/aromatic N) is 1. The Morgan fingerprint density at radius 1 is 1.07 bits per heavy atom. The number of hydrogen-bond acceptors (Lipinski definition) is 4. The first-order valence-electron chi connectivity index (χ1n) is 7.94. The number of carboxylic acids is 1. The van der Waals surface area contributed by atoms with Crippen LogP contribution in [0.4, 0.5) is 18.9 Å². The van der Waals surface area contributed by atoms with Gasteiger partial charge >= 0.3 is 12.3 Å². The van der Waals surface area contributed by atoms with Gasteiger partial charge in [-0.25, -0.2) is 9.78 Å². The number of ether oxygens (including phenoxy) is 1. The van der Waals surface area contributed by atoms with Gasteiger partial charge in [-0.3, -0.25) is 4.79 Å². The monoisotopic (exact) mass is 390 g/mol. The molecule has 0 fully saturated rings. The number of carbonyl (C=O) groups is 2. The maximum Gasteiger partial charge on any atom is 0.573 e. The lowest BCUT2D eigenvalue weighted by atomic mass is 10.0. The van der Waals surface area contributed by atoms with E-state index < -0.39 is 18.1 Å². The molecule has 0 aliphatic heterocycles. The Bertz CT molecular complexity index is 1060. The van der Waals surface area contributed by atoms with Crippen LogP contribution in [0.2, 0.25) is 0 Å². The van der Waals surface area contributed by atoms with Crippen molar-refractivity contribution in [3.05, 3.63) is 54.1 Å². The van der Waals surface area contributed by atoms with E-state index in [0.29, 0.717) is 22.2 Å². The smallest absolute Gasteiger partial charge is 0.478 e. The molecule has 6 nitrogen and oxygen atoms in total. The first-order valence-corrected chi connectivity index (χ1v) is 7.94. The summed E-state index contributed by atoms with van der Waals surface area (Å²) in [5.74, 6) is -1.88. The van der Waals surface area contributed by atoms with E-state index in [1.54, 1.807) is 6.07 Å². The topological polar surface area (TPSA) is 88.5 Å². The predicted molar refractivity (Wildman–Crippen MR) is 95.1 cm³/mol. The Hall–Kier alpha value is -3.62. The highest BCUT2D eigenvalue weighted by molar-refractivity contribution is 6.05. The maximum absolute atomic E-state index is 12.3. The van der Waals surface area contributed by atoms with Crippen molar-refractivity contribution in [3.8, 4) is 17.0 Å². The van der Waals surface area contributed by atoms with E-state index in [4.69, 9.17) is 0 Å². The third-order valence-corrected chi connectivity index (χ3v) is 3.74. The van der Waals surface area contributed by atoms with Crippen molar-refractivity contribution in [1.82, 2.24) is 4.98 Å². The molecule has 0 aliphatic rings. The van der Waals surface area contributed by atoms with Crippen molar-refractivity contribution >= 4 is 28.5 Å². The lowest BCUT2D eigenvalue weighted by Gasteiger charge is -2.11. The van der Waals surface area contributed by atoms with Crippen molar-refractivity contribution in [2.24, 2.45) is 0 Å². The second-order valence-corrected chi connectivity index (χ2v) is 5.85. The van der Waals surface area contributed by atoms with Gasteiger partial charge in [-0.1, -0.05) is 0 Å². The molecule has 3 rings (SSSR count). The van der Waals surface area contributed by atoms with Crippen LogP contribution in [0.5, 0.6) is 5.75 Å². The number of rotatable bonds is 4. The number of carboxylic acid groups (broad SMARTS) is 1. The van der Waals surface area contributed by atoms with Crippen LogP contribution < -0.4 is 10.1 Å². The molecule has 2 N–H and O–H groups in total. The fourth-order valence-electron chi connectivity index (χ4n) is 2.66. The molecule has 0 radical (unpaired) electrons. The zero-order chi connectivity index (χ0) is 20.5. The molecule has 0 atom stereocenters. The Morgan fingerprint density at radius 3 is 2.32 bits per heavy atom. The quantitative estimate of drug-likeness (QED) is 0.687. The number of aromatic carboxylic acids is 1. The summed E-state index contributed by atoms with van der Waals surface area (Å²) in [6, 6.07) is 10.9. The van der Waals surface area contributed by atoms with E-state index in [0.717, 1.165) is 12.1 Å². The van der Waals surface area contributed by atoms with Crippen molar-refractivity contribution in [2.45, 2.75) is 13.3 Å². The number of nitrogens with one attached hydrogen (secondary N) is 1. The molecular formula is C19H13F3N2O4. The highest BCUT2D eigenvalue weighted by Crippen LogP contribution is 2.29. The number of halogens is 3. The van der Waals surface area contributed by atoms with E-state index in [9.17, 15) is 27.9 Å². The summed E-state index contributed by atoms with van der Waals surface area (Å²) in [7, 11) is 0. The molecule has 0 saturated heterocycles. The normalized spacial score (nSPS) is 11.3. The van der Waals surface area contributed by atoms with Crippen LogP contribution in [0, 0.1) is 0 Å². The van der Waals surface area contributed by atoms with Crippen LogP contribution in [0.1, 0.15) is 17.3 Å². The van der Waals surface area contributed by atoms with Gasteiger partial charge in [0.15, 0.2) is 0 Å². The van der Waals surface area contributed by atoms with Gasteiger partial charge in [0.05, 0.1) is 16.8 Å². The van der Waals surface area contributed by atoms with Crippen molar-refractivity contribution in [3.63, 3.8) is 0 Å². The van der Waals surface area contributed by atoms with Gasteiger partial charge in [-0.15, -0.1) is 13.2 Å². The zero-order valence-corrected chi connectivity index (χ0v) is 14.4. The predicted octanol–water partition coefficient (Wildman–Crippen LogP) is 4.46. The average Bonchev–Trinajstić information content (AvgIpc) is 2.59. The first-order chi connectivity index (χ1) is 13.1. The number of amides is 1. The number of alkyl halides is 3. The van der Waals surface area contributed by atoms with Crippen LogP contribution in [0.3, 0.4) is 0 Å². The maximum atomic E-state index is 12.3. The lowest BCUT2D eigenvalue weighted by Crippen LogP contribution is -2.16. The first kappa shape index (κ1) is 19.2. The third kappa shape index (κ3) is 4.37. The number of aromatic nitrogens is 1. The number of fused-ring (bicyclic) bond motifs is 1. The van der Waals surface area contributed by atoms with Gasteiger partial charge in [0, 0.05) is 23.6 Å². The Balaban J connectivity index is 2.07. The highest BCUT2D eigenvalue weighted by Gasteiger charge is 2.31. The minimum atomic E-state index is -4.81. The molecule has 1 amide bonds. The number of anilines is 1. The molecular weight excluding hydrogens is 377 g/mol. The Labute approximate surface area is 156 Å². The SMILES string of the molecule is CC(=O)Nc1ccc2c(C(=O)O)cc(-c3ccc(OC(F)(F)F)cc3)nc2c1. The van der Waals surface area contributed by atoms with Gasteiger partial charge in [0.2, 0.25) is 5.91 Å². The van der Waals surface area contributed by atoms with E-state index in [1.165, 1.54) is 37.3 Å². The molecule has 3 aromatic rings. The van der Waals surface area contributed by atoms with Crippen LogP contribution in [0.15, 0.2) is 48.5 Å². The highest BCUT2D eigenvalue weighted by atomic mass is 19.4. The van der Waals surface area contributed by atoms with Crippen LogP contribution in [0.25, 0.3) is 22.2 Å². The molecule has 144 valence electrons. The fourth-order valence-corrected chi connectivity index (χ4v) is 2.66. The molecule has 0 aliphatic carbocycles. The largest absolute Gasteiger partial charge is 0.573 e. The Morgan fingerprint density at radius 2 is 1.75 bits per heavy atom. The summed E-state index contributed by atoms with van der Waals surface area (Å²) in [6.45, 7) is 1.33. The fraction of sp³-hybridized carbons (Fsp3) is 0.105. The van der Waals surface area contributed by atoms with Gasteiger partial charge in [0.25, 0.3) is 0 Å². The lowest BCUT2D eigenvalue weighted by molar-refractivity contribution is -0.274. The van der Waals surface area contributed by atoms with Crippen LogP contribution >= 0.6 is 0 Å². The second-order valence-electron chi connectivity index (χ2n) is 5.85. The summed E-state index contributed by atoms with van der Waals surface area (Å²) in [6.07, 6.45) is -4.81. The Kier molecular flexibility index (Phi) is 4.91. The molecule has 0 saturated carbocycles. The zero-order valence-electron chi connectivity index (χ0n) is 14.4. The summed E-state index contributed by atoms with van der Waals surface area (Å²) in [5, 5.41) is 12.4. The standard InChI is InChI=1S/C19H13F3N2O4/c1-10(25)23-12-4-7-14-15(18(26)27)9-16(24-17(14)8-12)11-2-5-13(6-3-11)28-19(20,21)22/h2-9H,1H3,(H,23,25)(H,26,27). The van der Waals surface area contributed by atoms with Crippen molar-refractivity contribution in [1.29, 1.82) is 0 Å². The molecule has 28 heavy (non-hydrogen) atoms. The van der Waals surface area contributed by atoms with Gasteiger partial charge < -0.3 is 15.2 Å². The molecule has 0 spiro atoms. The molecule has 1 aromatic heterocycles. The summed E-state index contributed by atoms with van der Waals surface area (Å²) in [5.41, 5.74) is 1.39. The number of benzene rings is 2. The van der Waals surface area contributed by atoms with Crippen molar-refractivity contribution in [2.75, 3.05) is 5.32 Å². The number of pyridine rings is 1. The minimum Gasteiger partial charge on any atom is -0.478 e. The van der Waals surface area contributed by atoms with Gasteiger partial charge in [-0.2, -0.15) is 0 Å². The summed E-state index contributed by atoms with van der Waals surface area (Å²) >= 11 is 0. The van der Waals surface area contributed by atoms with E-state index >= 15 is 0 Å². The molecule has 0 unspecified atom stereocenters. The average molecular weight is 390 g/mol. The molecule has 0 bridgehead atoms. The van der Waals surface area contributed by atoms with E-state index in [-0.39, 0.29) is 17.2 Å². The van der Waals surface area contributed by atoms with Crippen LogP contribution in [-0.4, -0.2) is 28.3 Å².